The van der Waals surface area contributed by atoms with Crippen LogP contribution in [0, 0.1) is 11.6 Å². The summed E-state index contributed by atoms with van der Waals surface area (Å²) in [5.74, 6) is -1.26. The number of rotatable bonds is 4. The Hall–Kier alpha value is -3.54. The Bertz CT molecular complexity index is 1160. The summed E-state index contributed by atoms with van der Waals surface area (Å²) in [4.78, 5) is 17.5. The molecule has 0 amide bonds. The summed E-state index contributed by atoms with van der Waals surface area (Å²) in [6.45, 7) is 4.02. The van der Waals surface area contributed by atoms with Crippen molar-refractivity contribution in [3.8, 4) is 22.5 Å². The van der Waals surface area contributed by atoms with Crippen LogP contribution in [-0.4, -0.2) is 19.9 Å². The van der Waals surface area contributed by atoms with Gasteiger partial charge in [-0.2, -0.15) is 0 Å². The zero-order valence-corrected chi connectivity index (χ0v) is 16.0. The molecule has 0 unspecified atom stereocenters. The summed E-state index contributed by atoms with van der Waals surface area (Å²) in [6, 6.07) is 14.7. The molecular formula is C23H18F2N4. The van der Waals surface area contributed by atoms with E-state index in [-0.39, 0.29) is 5.56 Å². The maximum Gasteiger partial charge on any atom is 0.135 e. The van der Waals surface area contributed by atoms with Crippen LogP contribution >= 0.6 is 0 Å². The highest BCUT2D eigenvalue weighted by Gasteiger charge is 2.27. The van der Waals surface area contributed by atoms with Crippen molar-refractivity contribution in [2.45, 2.75) is 19.3 Å². The zero-order valence-electron chi connectivity index (χ0n) is 16.0. The topological polar surface area (TPSA) is 51.6 Å². The third-order valence-corrected chi connectivity index (χ3v) is 4.84. The van der Waals surface area contributed by atoms with E-state index in [1.807, 2.05) is 44.2 Å². The van der Waals surface area contributed by atoms with Crippen molar-refractivity contribution in [1.29, 1.82) is 0 Å². The van der Waals surface area contributed by atoms with Crippen molar-refractivity contribution >= 4 is 0 Å². The molecule has 144 valence electrons. The molecule has 4 aromatic rings. The molecule has 0 N–H and O–H groups in total. The van der Waals surface area contributed by atoms with E-state index >= 15 is 0 Å². The first kappa shape index (κ1) is 18.8. The molecule has 29 heavy (non-hydrogen) atoms. The van der Waals surface area contributed by atoms with Gasteiger partial charge >= 0.3 is 0 Å². The van der Waals surface area contributed by atoms with Crippen molar-refractivity contribution in [2.75, 3.05) is 0 Å². The van der Waals surface area contributed by atoms with E-state index in [1.165, 1.54) is 18.5 Å². The van der Waals surface area contributed by atoms with Crippen LogP contribution in [0.1, 0.15) is 25.2 Å². The highest BCUT2D eigenvalue weighted by Crippen LogP contribution is 2.32. The fourth-order valence-corrected chi connectivity index (χ4v) is 3.14. The smallest absolute Gasteiger partial charge is 0.135 e. The Labute approximate surface area is 167 Å². The lowest BCUT2D eigenvalue weighted by Gasteiger charge is -2.24. The normalized spacial score (nSPS) is 11.4. The molecule has 3 aromatic heterocycles. The monoisotopic (exact) mass is 388 g/mol. The van der Waals surface area contributed by atoms with Gasteiger partial charge in [0.05, 0.1) is 22.8 Å². The van der Waals surface area contributed by atoms with Crippen LogP contribution < -0.4 is 0 Å². The quantitative estimate of drug-likeness (QED) is 0.482. The van der Waals surface area contributed by atoms with Crippen LogP contribution in [0.4, 0.5) is 8.78 Å². The fourth-order valence-electron chi connectivity index (χ4n) is 3.14. The molecule has 0 saturated heterocycles. The molecule has 0 radical (unpaired) electrons. The van der Waals surface area contributed by atoms with Crippen LogP contribution in [0.5, 0.6) is 0 Å². The predicted molar refractivity (Wildman–Crippen MR) is 107 cm³/mol. The van der Waals surface area contributed by atoms with Crippen molar-refractivity contribution in [3.63, 3.8) is 0 Å². The molecule has 6 heteroatoms. The highest BCUT2D eigenvalue weighted by atomic mass is 19.1. The standard InChI is InChI=1S/C23H18F2N4/c1-23(2,21-7-3-5-19(28-21)15-12-26-14-27-13-15)22-8-4-6-20(29-22)17-10-9-16(24)11-18(17)25/h3-14H,1-2H3. The number of hydrogen-bond acceptors (Lipinski definition) is 4. The lowest BCUT2D eigenvalue weighted by Crippen LogP contribution is -2.22. The van der Waals surface area contributed by atoms with Crippen molar-refractivity contribution < 1.29 is 8.78 Å². The number of hydrogen-bond donors (Lipinski definition) is 0. The maximum absolute atomic E-state index is 14.2. The maximum atomic E-state index is 14.2. The molecule has 0 fully saturated rings. The Morgan fingerprint density at radius 2 is 1.38 bits per heavy atom. The summed E-state index contributed by atoms with van der Waals surface area (Å²) >= 11 is 0. The van der Waals surface area contributed by atoms with Crippen LogP contribution in [0.2, 0.25) is 0 Å². The minimum atomic E-state index is -0.642. The van der Waals surface area contributed by atoms with Gasteiger partial charge in [0.1, 0.15) is 18.0 Å². The highest BCUT2D eigenvalue weighted by molar-refractivity contribution is 5.61. The lowest BCUT2D eigenvalue weighted by molar-refractivity contribution is 0.583. The number of benzene rings is 1. The van der Waals surface area contributed by atoms with Gasteiger partial charge in [0, 0.05) is 35.0 Å². The first-order chi connectivity index (χ1) is 13.9. The predicted octanol–water partition coefficient (Wildman–Crippen LogP) is 5.20. The van der Waals surface area contributed by atoms with Gasteiger partial charge in [-0.05, 0) is 50.2 Å². The molecular weight excluding hydrogens is 370 g/mol. The molecule has 0 spiro atoms. The minimum Gasteiger partial charge on any atom is -0.252 e. The van der Waals surface area contributed by atoms with E-state index in [0.29, 0.717) is 5.69 Å². The Morgan fingerprint density at radius 3 is 2.03 bits per heavy atom. The Balaban J connectivity index is 1.75. The van der Waals surface area contributed by atoms with Gasteiger partial charge in [0.15, 0.2) is 0 Å². The summed E-state index contributed by atoms with van der Waals surface area (Å²) in [7, 11) is 0. The summed E-state index contributed by atoms with van der Waals surface area (Å²) < 4.78 is 27.5. The molecule has 0 atom stereocenters. The molecule has 0 bridgehead atoms. The van der Waals surface area contributed by atoms with Gasteiger partial charge in [0.2, 0.25) is 0 Å². The van der Waals surface area contributed by atoms with Crippen LogP contribution in [0.3, 0.4) is 0 Å². The van der Waals surface area contributed by atoms with E-state index in [0.717, 1.165) is 28.7 Å². The van der Waals surface area contributed by atoms with E-state index in [4.69, 9.17) is 4.98 Å². The van der Waals surface area contributed by atoms with Crippen molar-refractivity contribution in [3.05, 3.63) is 96.3 Å². The molecule has 0 aliphatic heterocycles. The largest absolute Gasteiger partial charge is 0.252 e. The molecule has 3 heterocycles. The zero-order chi connectivity index (χ0) is 20.4. The number of aromatic nitrogens is 4. The molecule has 0 aliphatic carbocycles. The van der Waals surface area contributed by atoms with Crippen LogP contribution in [0.15, 0.2) is 73.3 Å². The van der Waals surface area contributed by atoms with Gasteiger partial charge in [-0.1, -0.05) is 12.1 Å². The third kappa shape index (κ3) is 3.74. The van der Waals surface area contributed by atoms with Crippen molar-refractivity contribution in [1.82, 2.24) is 19.9 Å². The SMILES string of the molecule is CC(C)(c1cccc(-c2cncnc2)n1)c1cccc(-c2ccc(F)cc2F)n1. The Kier molecular flexibility index (Phi) is 4.84. The first-order valence-electron chi connectivity index (χ1n) is 9.11. The molecule has 4 rings (SSSR count). The number of nitrogens with zero attached hydrogens (tertiary/aromatic N) is 4. The molecule has 1 aromatic carbocycles. The Morgan fingerprint density at radius 1 is 0.759 bits per heavy atom. The summed E-state index contributed by atoms with van der Waals surface area (Å²) in [5.41, 5.74) is 3.28. The van der Waals surface area contributed by atoms with Gasteiger partial charge in [-0.15, -0.1) is 0 Å². The summed E-state index contributed by atoms with van der Waals surface area (Å²) in [6.07, 6.45) is 4.89. The van der Waals surface area contributed by atoms with Gasteiger partial charge in [0.25, 0.3) is 0 Å². The second kappa shape index (κ2) is 7.47. The summed E-state index contributed by atoms with van der Waals surface area (Å²) in [5, 5.41) is 0. The first-order valence-corrected chi connectivity index (χ1v) is 9.11. The average molecular weight is 388 g/mol. The van der Waals surface area contributed by atoms with Crippen LogP contribution in [0.25, 0.3) is 22.5 Å². The van der Waals surface area contributed by atoms with E-state index < -0.39 is 17.0 Å². The lowest BCUT2D eigenvalue weighted by atomic mass is 9.84. The van der Waals surface area contributed by atoms with Crippen molar-refractivity contribution in [2.24, 2.45) is 0 Å². The fraction of sp³-hybridized carbons (Fsp3) is 0.130. The van der Waals surface area contributed by atoms with E-state index in [9.17, 15) is 8.78 Å². The molecule has 4 nitrogen and oxygen atoms in total. The van der Waals surface area contributed by atoms with Gasteiger partial charge in [-0.3, -0.25) is 9.97 Å². The second-order valence-corrected chi connectivity index (χ2v) is 7.19. The second-order valence-electron chi connectivity index (χ2n) is 7.19. The number of pyridine rings is 2. The minimum absolute atomic E-state index is 0.257. The van der Waals surface area contributed by atoms with Gasteiger partial charge < -0.3 is 0 Å². The number of halogens is 2. The van der Waals surface area contributed by atoms with E-state index in [2.05, 4.69) is 15.0 Å². The van der Waals surface area contributed by atoms with Crippen LogP contribution in [-0.2, 0) is 5.41 Å². The van der Waals surface area contributed by atoms with E-state index in [1.54, 1.807) is 18.5 Å². The third-order valence-electron chi connectivity index (χ3n) is 4.84. The van der Waals surface area contributed by atoms with Gasteiger partial charge in [-0.25, -0.2) is 18.7 Å². The average Bonchev–Trinajstić information content (AvgIpc) is 2.74. The molecule has 0 aliphatic rings. The molecule has 0 saturated carbocycles.